The van der Waals surface area contributed by atoms with Crippen LogP contribution < -0.4 is 0 Å². The standard InChI is InChI=1S/C17H21N3O2/c18-20-19-12-6-1-2-8-15-9-3-4-10-16(15)14-22-17-11-5-7-13-21-17/h3-4,9-10,17H,1,5-7,11-14H2. The van der Waals surface area contributed by atoms with Crippen LogP contribution in [0.2, 0.25) is 0 Å². The number of benzene rings is 1. The molecule has 22 heavy (non-hydrogen) atoms. The number of ether oxygens (including phenoxy) is 2. The molecule has 1 unspecified atom stereocenters. The third kappa shape index (κ3) is 5.79. The second kappa shape index (κ2) is 9.86. The van der Waals surface area contributed by atoms with Crippen LogP contribution in [0.3, 0.4) is 0 Å². The highest BCUT2D eigenvalue weighted by Crippen LogP contribution is 2.17. The summed E-state index contributed by atoms with van der Waals surface area (Å²) < 4.78 is 11.4. The Morgan fingerprint density at radius 3 is 3.09 bits per heavy atom. The van der Waals surface area contributed by atoms with Crippen LogP contribution in [0.5, 0.6) is 0 Å². The van der Waals surface area contributed by atoms with Gasteiger partial charge in [0, 0.05) is 30.0 Å². The van der Waals surface area contributed by atoms with E-state index in [0.29, 0.717) is 13.2 Å². The number of unbranched alkanes of at least 4 members (excludes halogenated alkanes) is 1. The summed E-state index contributed by atoms with van der Waals surface area (Å²) in [6.07, 6.45) is 4.67. The Morgan fingerprint density at radius 1 is 1.36 bits per heavy atom. The minimum atomic E-state index is -0.0846. The predicted octanol–water partition coefficient (Wildman–Crippen LogP) is 4.17. The van der Waals surface area contributed by atoms with Gasteiger partial charge in [-0.05, 0) is 42.8 Å². The van der Waals surface area contributed by atoms with Crippen molar-refractivity contribution in [1.29, 1.82) is 0 Å². The molecule has 116 valence electrons. The van der Waals surface area contributed by atoms with Crippen molar-refractivity contribution in [3.63, 3.8) is 0 Å². The molecule has 0 spiro atoms. The van der Waals surface area contributed by atoms with Gasteiger partial charge in [0.25, 0.3) is 0 Å². The van der Waals surface area contributed by atoms with Crippen LogP contribution in [-0.4, -0.2) is 19.4 Å². The Morgan fingerprint density at radius 2 is 2.27 bits per heavy atom. The molecule has 1 aromatic carbocycles. The summed E-state index contributed by atoms with van der Waals surface area (Å²) in [7, 11) is 0. The molecule has 0 radical (unpaired) electrons. The summed E-state index contributed by atoms with van der Waals surface area (Å²) in [5, 5.41) is 3.49. The quantitative estimate of drug-likeness (QED) is 0.260. The maximum atomic E-state index is 8.20. The second-order valence-corrected chi connectivity index (χ2v) is 5.12. The molecule has 0 amide bonds. The van der Waals surface area contributed by atoms with E-state index >= 15 is 0 Å². The minimum Gasteiger partial charge on any atom is -0.353 e. The van der Waals surface area contributed by atoms with Gasteiger partial charge >= 0.3 is 0 Å². The summed E-state index contributed by atoms with van der Waals surface area (Å²) in [5.74, 6) is 6.29. The average molecular weight is 299 g/mol. The molecule has 1 aromatic rings. The van der Waals surface area contributed by atoms with E-state index in [1.807, 2.05) is 24.3 Å². The topological polar surface area (TPSA) is 67.2 Å². The highest BCUT2D eigenvalue weighted by molar-refractivity contribution is 5.40. The van der Waals surface area contributed by atoms with E-state index in [2.05, 4.69) is 21.9 Å². The molecule has 1 saturated heterocycles. The van der Waals surface area contributed by atoms with Crippen molar-refractivity contribution < 1.29 is 9.47 Å². The molecule has 0 aliphatic carbocycles. The van der Waals surface area contributed by atoms with Gasteiger partial charge in [0.05, 0.1) is 6.61 Å². The lowest BCUT2D eigenvalue weighted by Crippen LogP contribution is -2.22. The van der Waals surface area contributed by atoms with Gasteiger partial charge in [-0.15, -0.1) is 0 Å². The fourth-order valence-electron chi connectivity index (χ4n) is 2.23. The Labute approximate surface area is 131 Å². The van der Waals surface area contributed by atoms with Crippen LogP contribution in [0.1, 0.15) is 43.2 Å². The SMILES string of the molecule is [N-]=[N+]=NCCCC#Cc1ccccc1COC1CCCCO1. The lowest BCUT2D eigenvalue weighted by Gasteiger charge is -2.22. The molecule has 5 heteroatoms. The molecule has 5 nitrogen and oxygen atoms in total. The molecule has 1 heterocycles. The van der Waals surface area contributed by atoms with Crippen molar-refractivity contribution in [2.24, 2.45) is 5.11 Å². The lowest BCUT2D eigenvalue weighted by molar-refractivity contribution is -0.168. The van der Waals surface area contributed by atoms with Crippen molar-refractivity contribution in [2.75, 3.05) is 13.2 Å². The van der Waals surface area contributed by atoms with Gasteiger partial charge in [-0.25, -0.2) is 0 Å². The normalized spacial score (nSPS) is 17.2. The average Bonchev–Trinajstić information content (AvgIpc) is 2.58. The molecule has 0 N–H and O–H groups in total. The van der Waals surface area contributed by atoms with Crippen LogP contribution >= 0.6 is 0 Å². The first-order valence-corrected chi connectivity index (χ1v) is 7.71. The van der Waals surface area contributed by atoms with Crippen LogP contribution in [-0.2, 0) is 16.1 Å². The zero-order chi connectivity index (χ0) is 15.5. The molecular formula is C17H21N3O2. The van der Waals surface area contributed by atoms with E-state index in [4.69, 9.17) is 15.0 Å². The zero-order valence-electron chi connectivity index (χ0n) is 12.7. The molecular weight excluding hydrogens is 278 g/mol. The Bertz CT molecular complexity index is 565. The molecule has 1 aliphatic rings. The van der Waals surface area contributed by atoms with Gasteiger partial charge in [0.15, 0.2) is 6.29 Å². The highest BCUT2D eigenvalue weighted by Gasteiger charge is 2.14. The molecule has 1 fully saturated rings. The van der Waals surface area contributed by atoms with E-state index < -0.39 is 0 Å². The molecule has 1 atom stereocenters. The van der Waals surface area contributed by atoms with Crippen molar-refractivity contribution in [3.05, 3.63) is 45.8 Å². The predicted molar refractivity (Wildman–Crippen MR) is 84.9 cm³/mol. The fourth-order valence-corrected chi connectivity index (χ4v) is 2.23. The number of azide groups is 1. The third-order valence-electron chi connectivity index (χ3n) is 3.43. The Balaban J connectivity index is 1.86. The summed E-state index contributed by atoms with van der Waals surface area (Å²) in [6.45, 7) is 1.81. The molecule has 0 bridgehead atoms. The first-order valence-electron chi connectivity index (χ1n) is 7.71. The van der Waals surface area contributed by atoms with Crippen LogP contribution in [0, 0.1) is 11.8 Å². The molecule has 0 aromatic heterocycles. The minimum absolute atomic E-state index is 0.0846. The fraction of sp³-hybridized carbons (Fsp3) is 0.529. The van der Waals surface area contributed by atoms with E-state index in [9.17, 15) is 0 Å². The zero-order valence-corrected chi connectivity index (χ0v) is 12.7. The van der Waals surface area contributed by atoms with Crippen LogP contribution in [0.15, 0.2) is 29.4 Å². The molecule has 2 rings (SSSR count). The summed E-state index contributed by atoms with van der Waals surface area (Å²) >= 11 is 0. The maximum absolute atomic E-state index is 8.20. The Kier molecular flexibility index (Phi) is 7.34. The van der Waals surface area contributed by atoms with Crippen molar-refractivity contribution in [1.82, 2.24) is 0 Å². The maximum Gasteiger partial charge on any atom is 0.158 e. The van der Waals surface area contributed by atoms with Gasteiger partial charge in [0.1, 0.15) is 0 Å². The van der Waals surface area contributed by atoms with Crippen molar-refractivity contribution >= 4 is 0 Å². The van der Waals surface area contributed by atoms with E-state index in [0.717, 1.165) is 49.8 Å². The van der Waals surface area contributed by atoms with E-state index in [1.165, 1.54) is 0 Å². The second-order valence-electron chi connectivity index (χ2n) is 5.12. The van der Waals surface area contributed by atoms with Crippen LogP contribution in [0.4, 0.5) is 0 Å². The number of hydrogen-bond acceptors (Lipinski definition) is 3. The van der Waals surface area contributed by atoms with Gasteiger partial charge in [-0.2, -0.15) is 0 Å². The summed E-state index contributed by atoms with van der Waals surface area (Å²) in [5.41, 5.74) is 10.3. The monoisotopic (exact) mass is 299 g/mol. The van der Waals surface area contributed by atoms with E-state index in [1.54, 1.807) is 0 Å². The number of rotatable bonds is 6. The van der Waals surface area contributed by atoms with Gasteiger partial charge in [-0.3, -0.25) is 0 Å². The van der Waals surface area contributed by atoms with Gasteiger partial charge in [-0.1, -0.05) is 35.2 Å². The lowest BCUT2D eigenvalue weighted by atomic mass is 10.1. The summed E-state index contributed by atoms with van der Waals surface area (Å²) in [6, 6.07) is 8.01. The van der Waals surface area contributed by atoms with Crippen molar-refractivity contribution in [3.8, 4) is 11.8 Å². The molecule has 0 saturated carbocycles. The summed E-state index contributed by atoms with van der Waals surface area (Å²) in [4.78, 5) is 2.72. The highest BCUT2D eigenvalue weighted by atomic mass is 16.7. The first-order chi connectivity index (χ1) is 10.9. The van der Waals surface area contributed by atoms with Gasteiger partial charge < -0.3 is 9.47 Å². The number of nitrogens with zero attached hydrogens (tertiary/aromatic N) is 3. The van der Waals surface area contributed by atoms with Crippen LogP contribution in [0.25, 0.3) is 10.4 Å². The molecule has 1 aliphatic heterocycles. The largest absolute Gasteiger partial charge is 0.353 e. The first kappa shape index (κ1) is 16.4. The smallest absolute Gasteiger partial charge is 0.158 e. The third-order valence-corrected chi connectivity index (χ3v) is 3.43. The van der Waals surface area contributed by atoms with Gasteiger partial charge in [0.2, 0.25) is 0 Å². The Hall–Kier alpha value is -1.99. The van der Waals surface area contributed by atoms with E-state index in [-0.39, 0.29) is 6.29 Å². The van der Waals surface area contributed by atoms with Crippen molar-refractivity contribution in [2.45, 2.75) is 45.0 Å². The number of hydrogen-bond donors (Lipinski definition) is 0.